The lowest BCUT2D eigenvalue weighted by Gasteiger charge is -2.32. The lowest BCUT2D eigenvalue weighted by atomic mass is 10.0. The fraction of sp³-hybridized carbons (Fsp3) is 0.500. The number of hydrogen-bond donors (Lipinski definition) is 2. The summed E-state index contributed by atoms with van der Waals surface area (Å²) in [4.78, 5) is 14.3. The van der Waals surface area contributed by atoms with Crippen molar-refractivity contribution < 1.29 is 9.90 Å². The van der Waals surface area contributed by atoms with E-state index in [1.807, 2.05) is 0 Å². The topological polar surface area (TPSA) is 83.3 Å². The second-order valence-electron chi connectivity index (χ2n) is 6.58. The van der Waals surface area contributed by atoms with E-state index >= 15 is 0 Å². The number of aliphatic hydroxyl groups is 1. The van der Waals surface area contributed by atoms with Gasteiger partial charge in [-0.1, -0.05) is 35.0 Å². The van der Waals surface area contributed by atoms with E-state index in [1.165, 1.54) is 11.1 Å². The zero-order valence-corrected chi connectivity index (χ0v) is 14.6. The Hall–Kier alpha value is -2.25. The maximum atomic E-state index is 11.9. The molecule has 0 spiro atoms. The summed E-state index contributed by atoms with van der Waals surface area (Å²) >= 11 is 0. The summed E-state index contributed by atoms with van der Waals surface area (Å²) in [7, 11) is 0. The Bertz CT molecular complexity index is 715. The molecule has 2 heterocycles. The van der Waals surface area contributed by atoms with Crippen LogP contribution in [0, 0.1) is 6.92 Å². The fourth-order valence-corrected chi connectivity index (χ4v) is 3.28. The molecule has 1 amide bonds. The molecule has 1 unspecified atom stereocenters. The monoisotopic (exact) mass is 343 g/mol. The summed E-state index contributed by atoms with van der Waals surface area (Å²) in [6.45, 7) is 5.14. The predicted molar refractivity (Wildman–Crippen MR) is 94.2 cm³/mol. The van der Waals surface area contributed by atoms with Gasteiger partial charge in [-0.25, -0.2) is 4.68 Å². The highest BCUT2D eigenvalue weighted by Gasteiger charge is 2.23. The van der Waals surface area contributed by atoms with E-state index in [9.17, 15) is 4.79 Å². The molecule has 1 atom stereocenters. The van der Waals surface area contributed by atoms with E-state index in [1.54, 1.807) is 10.9 Å². The van der Waals surface area contributed by atoms with E-state index in [0.29, 0.717) is 5.69 Å². The number of aromatic nitrogens is 3. The molecule has 0 aliphatic carbocycles. The molecule has 1 fully saturated rings. The Balaban J connectivity index is 1.61. The Labute approximate surface area is 147 Å². The second-order valence-corrected chi connectivity index (χ2v) is 6.58. The highest BCUT2D eigenvalue weighted by molar-refractivity contribution is 5.91. The number of piperidine rings is 1. The molecule has 0 saturated carbocycles. The van der Waals surface area contributed by atoms with Crippen LogP contribution in [0.1, 0.15) is 40.5 Å². The molecule has 1 saturated heterocycles. The molecular weight excluding hydrogens is 318 g/mol. The minimum atomic E-state index is -0.298. The van der Waals surface area contributed by atoms with Crippen LogP contribution in [0.25, 0.3) is 0 Å². The van der Waals surface area contributed by atoms with Crippen LogP contribution in [-0.2, 0) is 6.54 Å². The van der Waals surface area contributed by atoms with Crippen LogP contribution in [0.4, 0.5) is 0 Å². The summed E-state index contributed by atoms with van der Waals surface area (Å²) in [5.41, 5.74) is 2.90. The van der Waals surface area contributed by atoms with Crippen molar-refractivity contribution in [3.05, 3.63) is 47.3 Å². The van der Waals surface area contributed by atoms with E-state index in [-0.39, 0.29) is 25.1 Å². The summed E-state index contributed by atoms with van der Waals surface area (Å²) in [5.74, 6) is -0.298. The number of nitrogens with zero attached hydrogens (tertiary/aromatic N) is 4. The third kappa shape index (κ3) is 4.64. The molecule has 7 heteroatoms. The molecular formula is C18H25N5O2. The number of carbonyl (C=O) groups is 1. The van der Waals surface area contributed by atoms with Gasteiger partial charge in [-0.15, -0.1) is 5.10 Å². The first-order valence-electron chi connectivity index (χ1n) is 8.74. The van der Waals surface area contributed by atoms with E-state index in [2.05, 4.69) is 51.7 Å². The molecule has 1 aliphatic heterocycles. The molecule has 1 aliphatic rings. The molecule has 25 heavy (non-hydrogen) atoms. The SMILES string of the molecule is Cc1cccc(CN2CCCC(n3cc(C(=O)NCCO)nn3)C2)c1. The molecule has 0 bridgehead atoms. The second kappa shape index (κ2) is 8.22. The summed E-state index contributed by atoms with van der Waals surface area (Å²) in [6.07, 6.45) is 3.83. The van der Waals surface area contributed by atoms with E-state index < -0.39 is 0 Å². The van der Waals surface area contributed by atoms with Crippen LogP contribution >= 0.6 is 0 Å². The van der Waals surface area contributed by atoms with Crippen molar-refractivity contribution in [2.45, 2.75) is 32.4 Å². The summed E-state index contributed by atoms with van der Waals surface area (Å²) < 4.78 is 1.80. The molecule has 1 aromatic heterocycles. The smallest absolute Gasteiger partial charge is 0.273 e. The third-order valence-corrected chi connectivity index (χ3v) is 4.48. The van der Waals surface area contributed by atoms with E-state index in [4.69, 9.17) is 5.11 Å². The van der Waals surface area contributed by atoms with Crippen molar-refractivity contribution in [1.82, 2.24) is 25.2 Å². The van der Waals surface area contributed by atoms with Gasteiger partial charge in [-0.3, -0.25) is 9.69 Å². The number of likely N-dealkylation sites (tertiary alicyclic amines) is 1. The summed E-state index contributed by atoms with van der Waals surface area (Å²) in [5, 5.41) is 19.5. The number of nitrogens with one attached hydrogen (secondary N) is 1. The first kappa shape index (κ1) is 17.6. The zero-order chi connectivity index (χ0) is 17.6. The van der Waals surface area contributed by atoms with Crippen molar-refractivity contribution in [3.63, 3.8) is 0 Å². The number of aryl methyl sites for hydroxylation is 1. The Morgan fingerprint density at radius 2 is 2.32 bits per heavy atom. The first-order valence-corrected chi connectivity index (χ1v) is 8.74. The highest BCUT2D eigenvalue weighted by atomic mass is 16.3. The van der Waals surface area contributed by atoms with Crippen molar-refractivity contribution >= 4 is 5.91 Å². The molecule has 0 radical (unpaired) electrons. The van der Waals surface area contributed by atoms with Gasteiger partial charge in [0.2, 0.25) is 0 Å². The highest BCUT2D eigenvalue weighted by Crippen LogP contribution is 2.22. The van der Waals surface area contributed by atoms with Gasteiger partial charge in [0.25, 0.3) is 5.91 Å². The number of hydrogen-bond acceptors (Lipinski definition) is 5. The van der Waals surface area contributed by atoms with Gasteiger partial charge in [0.1, 0.15) is 0 Å². The largest absolute Gasteiger partial charge is 0.395 e. The lowest BCUT2D eigenvalue weighted by molar-refractivity contribution is 0.0939. The normalized spacial score (nSPS) is 18.2. The Morgan fingerprint density at radius 1 is 1.44 bits per heavy atom. The average Bonchev–Trinajstić information content (AvgIpc) is 3.10. The van der Waals surface area contributed by atoms with E-state index in [0.717, 1.165) is 32.5 Å². The van der Waals surface area contributed by atoms with Gasteiger partial charge in [-0.2, -0.15) is 0 Å². The van der Waals surface area contributed by atoms with Crippen molar-refractivity contribution in [2.75, 3.05) is 26.2 Å². The minimum Gasteiger partial charge on any atom is -0.395 e. The van der Waals surface area contributed by atoms with Crippen LogP contribution in [0.3, 0.4) is 0 Å². The third-order valence-electron chi connectivity index (χ3n) is 4.48. The van der Waals surface area contributed by atoms with Crippen molar-refractivity contribution in [2.24, 2.45) is 0 Å². The van der Waals surface area contributed by atoms with Crippen LogP contribution in [0.15, 0.2) is 30.5 Å². The molecule has 1 aromatic carbocycles. The average molecular weight is 343 g/mol. The summed E-state index contributed by atoms with van der Waals surface area (Å²) in [6, 6.07) is 8.82. The van der Waals surface area contributed by atoms with Gasteiger partial charge in [0, 0.05) is 19.6 Å². The Kier molecular flexibility index (Phi) is 5.78. The standard InChI is InChI=1S/C18H25N5O2/c1-14-4-2-5-15(10-14)11-22-8-3-6-16(12-22)23-13-17(20-21-23)18(25)19-7-9-24/h2,4-5,10,13,16,24H,3,6-9,11-12H2,1H3,(H,19,25). The maximum absolute atomic E-state index is 11.9. The van der Waals surface area contributed by atoms with Gasteiger partial charge in [0.05, 0.1) is 18.8 Å². The quantitative estimate of drug-likeness (QED) is 0.822. The van der Waals surface area contributed by atoms with Crippen molar-refractivity contribution in [3.8, 4) is 0 Å². The number of carbonyl (C=O) groups excluding carboxylic acids is 1. The molecule has 134 valence electrons. The van der Waals surface area contributed by atoms with Gasteiger partial charge < -0.3 is 10.4 Å². The Morgan fingerprint density at radius 3 is 3.12 bits per heavy atom. The first-order chi connectivity index (χ1) is 12.2. The molecule has 7 nitrogen and oxygen atoms in total. The molecule has 3 rings (SSSR count). The van der Waals surface area contributed by atoms with Gasteiger partial charge in [0.15, 0.2) is 5.69 Å². The minimum absolute atomic E-state index is 0.0869. The van der Waals surface area contributed by atoms with Crippen molar-refractivity contribution in [1.29, 1.82) is 0 Å². The van der Waals surface area contributed by atoms with Gasteiger partial charge in [-0.05, 0) is 31.9 Å². The fourth-order valence-electron chi connectivity index (χ4n) is 3.28. The predicted octanol–water partition coefficient (Wildman–Crippen LogP) is 1.15. The molecule has 2 N–H and O–H groups in total. The number of amides is 1. The number of benzene rings is 1. The van der Waals surface area contributed by atoms with Crippen LogP contribution in [-0.4, -0.2) is 57.1 Å². The zero-order valence-electron chi connectivity index (χ0n) is 14.6. The van der Waals surface area contributed by atoms with Crippen LogP contribution in [0.2, 0.25) is 0 Å². The number of aliphatic hydroxyl groups excluding tert-OH is 1. The molecule has 2 aromatic rings. The van der Waals surface area contributed by atoms with Gasteiger partial charge >= 0.3 is 0 Å². The van der Waals surface area contributed by atoms with Crippen LogP contribution in [0.5, 0.6) is 0 Å². The lowest BCUT2D eigenvalue weighted by Crippen LogP contribution is -2.36. The number of rotatable bonds is 6. The van der Waals surface area contributed by atoms with Crippen LogP contribution < -0.4 is 5.32 Å². The maximum Gasteiger partial charge on any atom is 0.273 e.